The molecule has 0 amide bonds. The van der Waals surface area contributed by atoms with E-state index in [1.54, 1.807) is 6.07 Å². The van der Waals surface area contributed by atoms with Crippen LogP contribution in [0.15, 0.2) is 40.9 Å². The molecule has 3 nitrogen and oxygen atoms in total. The van der Waals surface area contributed by atoms with E-state index in [9.17, 15) is 5.11 Å². The third-order valence-corrected chi connectivity index (χ3v) is 3.78. The van der Waals surface area contributed by atoms with Crippen LogP contribution < -0.4 is 10.2 Å². The molecule has 2 aromatic carbocycles. The summed E-state index contributed by atoms with van der Waals surface area (Å²) in [6, 6.07) is 11.4. The topological polar surface area (TPSA) is 35.5 Å². The van der Waals surface area contributed by atoms with E-state index in [4.69, 9.17) is 11.6 Å². The summed E-state index contributed by atoms with van der Waals surface area (Å²) in [6.45, 7) is 0.504. The standard InChI is InChI=1S/C15H16BrClN2O/c1-19(2)14-7-6-11(16)8-13(14)18-9-10-4-3-5-12(17)15(10)20/h3-8,18,20H,9H2,1-2H3. The molecule has 20 heavy (non-hydrogen) atoms. The molecule has 0 saturated heterocycles. The number of anilines is 2. The van der Waals surface area contributed by atoms with Crippen LogP contribution in [0.4, 0.5) is 11.4 Å². The zero-order valence-electron chi connectivity index (χ0n) is 11.3. The number of phenols is 1. The Kier molecular flexibility index (Phi) is 4.78. The lowest BCUT2D eigenvalue weighted by Gasteiger charge is -2.19. The molecular formula is C15H16BrClN2O. The van der Waals surface area contributed by atoms with E-state index in [-0.39, 0.29) is 5.75 Å². The number of phenolic OH excluding ortho intramolecular Hbond substituents is 1. The largest absolute Gasteiger partial charge is 0.506 e. The number of para-hydroxylation sites is 1. The number of aromatic hydroxyl groups is 1. The fourth-order valence-electron chi connectivity index (χ4n) is 1.93. The Balaban J connectivity index is 2.22. The van der Waals surface area contributed by atoms with Crippen molar-refractivity contribution in [1.82, 2.24) is 0 Å². The Morgan fingerprint density at radius 3 is 2.70 bits per heavy atom. The maximum Gasteiger partial charge on any atom is 0.139 e. The van der Waals surface area contributed by atoms with Crippen LogP contribution in [0.25, 0.3) is 0 Å². The Hall–Kier alpha value is -1.39. The van der Waals surface area contributed by atoms with Gasteiger partial charge in [0.05, 0.1) is 16.4 Å². The predicted molar refractivity (Wildman–Crippen MR) is 88.9 cm³/mol. The van der Waals surface area contributed by atoms with Gasteiger partial charge in [0.15, 0.2) is 0 Å². The molecule has 106 valence electrons. The molecule has 0 spiro atoms. The second-order valence-electron chi connectivity index (χ2n) is 4.66. The summed E-state index contributed by atoms with van der Waals surface area (Å²) in [7, 11) is 3.98. The van der Waals surface area contributed by atoms with Crippen LogP contribution in [-0.4, -0.2) is 19.2 Å². The van der Waals surface area contributed by atoms with E-state index in [0.717, 1.165) is 21.4 Å². The van der Waals surface area contributed by atoms with Crippen LogP contribution in [0.5, 0.6) is 5.75 Å². The highest BCUT2D eigenvalue weighted by Crippen LogP contribution is 2.31. The van der Waals surface area contributed by atoms with Crippen molar-refractivity contribution in [3.05, 3.63) is 51.5 Å². The molecule has 2 N–H and O–H groups in total. The molecule has 0 saturated carbocycles. The normalized spacial score (nSPS) is 10.4. The Labute approximate surface area is 132 Å². The lowest BCUT2D eigenvalue weighted by molar-refractivity contribution is 0.469. The Morgan fingerprint density at radius 1 is 1.25 bits per heavy atom. The number of nitrogens with zero attached hydrogens (tertiary/aromatic N) is 1. The van der Waals surface area contributed by atoms with E-state index < -0.39 is 0 Å². The lowest BCUT2D eigenvalue weighted by Crippen LogP contribution is -2.12. The van der Waals surface area contributed by atoms with Gasteiger partial charge in [-0.05, 0) is 24.3 Å². The highest BCUT2D eigenvalue weighted by molar-refractivity contribution is 9.10. The first kappa shape index (κ1) is 15.0. The van der Waals surface area contributed by atoms with Gasteiger partial charge in [0.1, 0.15) is 5.75 Å². The average molecular weight is 356 g/mol. The van der Waals surface area contributed by atoms with Crippen molar-refractivity contribution in [3.63, 3.8) is 0 Å². The fourth-order valence-corrected chi connectivity index (χ4v) is 2.49. The zero-order valence-corrected chi connectivity index (χ0v) is 13.7. The van der Waals surface area contributed by atoms with E-state index in [0.29, 0.717) is 11.6 Å². The summed E-state index contributed by atoms with van der Waals surface area (Å²) < 4.78 is 1.00. The molecule has 0 aromatic heterocycles. The van der Waals surface area contributed by atoms with Gasteiger partial charge in [0, 0.05) is 30.7 Å². The van der Waals surface area contributed by atoms with Crippen molar-refractivity contribution >= 4 is 38.9 Å². The molecular weight excluding hydrogens is 340 g/mol. The molecule has 0 aliphatic carbocycles. The van der Waals surface area contributed by atoms with Crippen LogP contribution in [0.3, 0.4) is 0 Å². The molecule has 0 bridgehead atoms. The second-order valence-corrected chi connectivity index (χ2v) is 5.98. The van der Waals surface area contributed by atoms with E-state index >= 15 is 0 Å². The molecule has 0 unspecified atom stereocenters. The number of nitrogens with one attached hydrogen (secondary N) is 1. The molecule has 0 heterocycles. The SMILES string of the molecule is CN(C)c1ccc(Br)cc1NCc1cccc(Cl)c1O. The number of hydrogen-bond donors (Lipinski definition) is 2. The van der Waals surface area contributed by atoms with Gasteiger partial charge >= 0.3 is 0 Å². The maximum absolute atomic E-state index is 9.92. The zero-order chi connectivity index (χ0) is 14.7. The van der Waals surface area contributed by atoms with Gasteiger partial charge in [-0.25, -0.2) is 0 Å². The molecule has 0 aliphatic heterocycles. The first-order valence-corrected chi connectivity index (χ1v) is 7.33. The molecule has 2 rings (SSSR count). The maximum atomic E-state index is 9.92. The van der Waals surface area contributed by atoms with Gasteiger partial charge in [-0.3, -0.25) is 0 Å². The first-order valence-electron chi connectivity index (χ1n) is 6.16. The van der Waals surface area contributed by atoms with Crippen LogP contribution >= 0.6 is 27.5 Å². The van der Waals surface area contributed by atoms with Gasteiger partial charge in [-0.2, -0.15) is 0 Å². The van der Waals surface area contributed by atoms with Gasteiger partial charge in [0.2, 0.25) is 0 Å². The minimum atomic E-state index is 0.128. The molecule has 5 heteroatoms. The quantitative estimate of drug-likeness (QED) is 0.848. The van der Waals surface area contributed by atoms with Crippen LogP contribution in [0, 0.1) is 0 Å². The monoisotopic (exact) mass is 354 g/mol. The number of halogens is 2. The van der Waals surface area contributed by atoms with E-state index in [1.165, 1.54) is 0 Å². The van der Waals surface area contributed by atoms with Gasteiger partial charge in [-0.1, -0.05) is 39.7 Å². The van der Waals surface area contributed by atoms with Crippen molar-refractivity contribution in [2.45, 2.75) is 6.54 Å². The van der Waals surface area contributed by atoms with Crippen molar-refractivity contribution in [3.8, 4) is 5.75 Å². The van der Waals surface area contributed by atoms with Crippen LogP contribution in [0.2, 0.25) is 5.02 Å². The molecule has 0 radical (unpaired) electrons. The van der Waals surface area contributed by atoms with Crippen molar-refractivity contribution in [2.24, 2.45) is 0 Å². The van der Waals surface area contributed by atoms with Gasteiger partial charge in [-0.15, -0.1) is 0 Å². The van der Waals surface area contributed by atoms with Crippen LogP contribution in [0.1, 0.15) is 5.56 Å². The minimum absolute atomic E-state index is 0.128. The van der Waals surface area contributed by atoms with Crippen molar-refractivity contribution < 1.29 is 5.11 Å². The summed E-state index contributed by atoms with van der Waals surface area (Å²) in [4.78, 5) is 2.03. The average Bonchev–Trinajstić information content (AvgIpc) is 2.40. The number of rotatable bonds is 4. The molecule has 0 fully saturated rings. The lowest BCUT2D eigenvalue weighted by atomic mass is 10.2. The molecule has 0 atom stereocenters. The molecule has 0 aliphatic rings. The third-order valence-electron chi connectivity index (χ3n) is 2.98. The Bertz CT molecular complexity index is 617. The summed E-state index contributed by atoms with van der Waals surface area (Å²) in [5.74, 6) is 0.128. The highest BCUT2D eigenvalue weighted by atomic mass is 79.9. The van der Waals surface area contributed by atoms with Crippen molar-refractivity contribution in [1.29, 1.82) is 0 Å². The van der Waals surface area contributed by atoms with Crippen molar-refractivity contribution in [2.75, 3.05) is 24.3 Å². The Morgan fingerprint density at radius 2 is 2.00 bits per heavy atom. The summed E-state index contributed by atoms with van der Waals surface area (Å²) >= 11 is 9.38. The highest BCUT2D eigenvalue weighted by Gasteiger charge is 2.08. The summed E-state index contributed by atoms with van der Waals surface area (Å²) in [5, 5.41) is 13.6. The molecule has 2 aromatic rings. The smallest absolute Gasteiger partial charge is 0.139 e. The van der Waals surface area contributed by atoms with Crippen LogP contribution in [-0.2, 0) is 6.54 Å². The fraction of sp³-hybridized carbons (Fsp3) is 0.200. The number of hydrogen-bond acceptors (Lipinski definition) is 3. The third kappa shape index (κ3) is 3.38. The predicted octanol–water partition coefficient (Wildman–Crippen LogP) is 4.49. The summed E-state index contributed by atoms with van der Waals surface area (Å²) in [5.41, 5.74) is 2.83. The summed E-state index contributed by atoms with van der Waals surface area (Å²) in [6.07, 6.45) is 0. The minimum Gasteiger partial charge on any atom is -0.506 e. The van der Waals surface area contributed by atoms with Gasteiger partial charge < -0.3 is 15.3 Å². The first-order chi connectivity index (χ1) is 9.49. The van der Waals surface area contributed by atoms with E-state index in [1.807, 2.05) is 49.3 Å². The van der Waals surface area contributed by atoms with Gasteiger partial charge in [0.25, 0.3) is 0 Å². The second kappa shape index (κ2) is 6.37. The number of benzene rings is 2. The van der Waals surface area contributed by atoms with E-state index in [2.05, 4.69) is 21.2 Å².